The third-order valence-electron chi connectivity index (χ3n) is 18.7. The number of benzene rings is 13. The van der Waals surface area contributed by atoms with E-state index in [0.717, 1.165) is 0 Å². The smallest absolute Gasteiger partial charge is 0.0776 e. The Morgan fingerprint density at radius 1 is 0.214 bits per heavy atom. The van der Waals surface area contributed by atoms with Crippen LogP contribution in [0.5, 0.6) is 0 Å². The molecule has 2 aromatic heterocycles. The van der Waals surface area contributed by atoms with Gasteiger partial charge in [-0.2, -0.15) is 0 Å². The van der Waals surface area contributed by atoms with Crippen LogP contribution in [0.4, 0.5) is 0 Å². The highest BCUT2D eigenvalue weighted by Gasteiger charge is 2.28. The molecule has 0 saturated carbocycles. The molecule has 0 bridgehead atoms. The first-order chi connectivity index (χ1) is 40.2. The molecule has 0 aliphatic rings. The summed E-state index contributed by atoms with van der Waals surface area (Å²) in [6.07, 6.45) is 0. The lowest BCUT2D eigenvalue weighted by atomic mass is 9.82. The largest absolute Gasteiger partial charge is 0.309 e. The molecule has 13 aromatic carbocycles. The van der Waals surface area contributed by atoms with Crippen LogP contribution >= 0.6 is 0 Å². The molecule has 0 aliphatic carbocycles. The zero-order valence-electron chi connectivity index (χ0n) is 50.7. The van der Waals surface area contributed by atoms with E-state index in [1.165, 1.54) is 163 Å². The Labute approximate surface area is 497 Å². The Morgan fingerprint density at radius 2 is 0.500 bits per heavy atom. The van der Waals surface area contributed by atoms with Crippen molar-refractivity contribution in [2.75, 3.05) is 0 Å². The van der Waals surface area contributed by atoms with Crippen LogP contribution in [0.3, 0.4) is 0 Å². The van der Waals surface area contributed by atoms with Crippen molar-refractivity contribution in [3.05, 3.63) is 218 Å². The van der Waals surface area contributed by atoms with Crippen molar-refractivity contribution in [1.29, 1.82) is 0 Å². The molecule has 6 heteroatoms. The average Bonchev–Trinajstić information content (AvgIpc) is 2.55. The number of hydrogen-bond donors (Lipinski definition) is 0. The van der Waals surface area contributed by atoms with Crippen LogP contribution in [0.15, 0.2) is 218 Å². The molecule has 2 nitrogen and oxygen atoms in total. The summed E-state index contributed by atoms with van der Waals surface area (Å²) in [6, 6.07) is 85.8. The third-order valence-corrected chi connectivity index (χ3v) is 26.8. The van der Waals surface area contributed by atoms with Crippen LogP contribution in [0.1, 0.15) is 0 Å². The highest BCUT2D eigenvalue weighted by Crippen LogP contribution is 2.50. The van der Waals surface area contributed by atoms with E-state index in [4.69, 9.17) is 0 Å². The Kier molecular flexibility index (Phi) is 11.7. The van der Waals surface area contributed by atoms with Gasteiger partial charge in [0.1, 0.15) is 0 Å². The normalized spacial score (nSPS) is 13.0. The highest BCUT2D eigenvalue weighted by atomic mass is 28.3. The monoisotopic (exact) mass is 1150 g/mol. The van der Waals surface area contributed by atoms with Crippen LogP contribution in [-0.2, 0) is 0 Å². The maximum absolute atomic E-state index is 2.58. The molecule has 0 atom stereocenters. The van der Waals surface area contributed by atoms with Crippen molar-refractivity contribution in [2.45, 2.75) is 78.6 Å². The van der Waals surface area contributed by atoms with Crippen LogP contribution in [0.2, 0.25) is 78.6 Å². The lowest BCUT2D eigenvalue weighted by Gasteiger charge is -2.23. The lowest BCUT2D eigenvalue weighted by Crippen LogP contribution is -2.37. The molecule has 0 spiro atoms. The second-order valence-electron chi connectivity index (χ2n) is 28.2. The molecular formula is C78H72N2Si4. The summed E-state index contributed by atoms with van der Waals surface area (Å²) < 4.78 is 5.16. The van der Waals surface area contributed by atoms with E-state index in [9.17, 15) is 0 Å². The van der Waals surface area contributed by atoms with Gasteiger partial charge in [0.2, 0.25) is 0 Å². The first-order valence-electron chi connectivity index (χ1n) is 30.2. The molecule has 0 amide bonds. The van der Waals surface area contributed by atoms with Gasteiger partial charge in [-0.25, -0.2) is 0 Å². The van der Waals surface area contributed by atoms with Gasteiger partial charge in [0, 0.05) is 32.9 Å². The average molecular weight is 1150 g/mol. The van der Waals surface area contributed by atoms with Crippen molar-refractivity contribution in [1.82, 2.24) is 9.13 Å². The fraction of sp³-hybridized carbons (Fsp3) is 0.154. The maximum Gasteiger partial charge on any atom is 0.0776 e. The molecule has 84 heavy (non-hydrogen) atoms. The van der Waals surface area contributed by atoms with Gasteiger partial charge in [-0.05, 0) is 148 Å². The molecule has 2 heterocycles. The van der Waals surface area contributed by atoms with Gasteiger partial charge in [-0.3, -0.25) is 0 Å². The van der Waals surface area contributed by atoms with E-state index in [0.29, 0.717) is 0 Å². The summed E-state index contributed by atoms with van der Waals surface area (Å²) in [5.74, 6) is 0. The molecule has 0 radical (unpaired) electrons. The minimum absolute atomic E-state index is 1.17. The van der Waals surface area contributed by atoms with Gasteiger partial charge >= 0.3 is 0 Å². The Morgan fingerprint density at radius 3 is 0.810 bits per heavy atom. The fourth-order valence-electron chi connectivity index (χ4n) is 14.1. The number of nitrogens with zero attached hydrogens (tertiary/aromatic N) is 2. The zero-order chi connectivity index (χ0) is 57.9. The van der Waals surface area contributed by atoms with Crippen LogP contribution in [0.25, 0.3) is 142 Å². The molecule has 0 fully saturated rings. The van der Waals surface area contributed by atoms with Gasteiger partial charge in [-0.15, -0.1) is 0 Å². The van der Waals surface area contributed by atoms with Crippen molar-refractivity contribution in [3.8, 4) is 33.6 Å². The topological polar surface area (TPSA) is 9.86 Å². The van der Waals surface area contributed by atoms with E-state index < -0.39 is 32.3 Å². The molecule has 15 rings (SSSR count). The summed E-state index contributed by atoms with van der Waals surface area (Å²) in [4.78, 5) is 0. The molecule has 410 valence electrons. The molecule has 0 aliphatic heterocycles. The number of rotatable bonds is 8. The Balaban J connectivity index is 1.13. The summed E-state index contributed by atoms with van der Waals surface area (Å²) in [7, 11) is -6.60. The van der Waals surface area contributed by atoms with Crippen LogP contribution in [0, 0.1) is 0 Å². The summed E-state index contributed by atoms with van der Waals surface area (Å²) >= 11 is 0. The summed E-state index contributed by atoms with van der Waals surface area (Å²) in [6.45, 7) is 29.7. The minimum atomic E-state index is -1.65. The molecule has 0 unspecified atom stereocenters. The number of fused-ring (bicyclic) bond motifs is 14. The predicted molar refractivity (Wildman–Crippen MR) is 383 cm³/mol. The standard InChI is InChI=1S/C78H72N2Si4/c1-81(2,3)53-31-37-73-65(45-53)66-46-54(82(4,5)6)32-38-74(66)79(73)51-29-35-63-71(43-51)77(69-41-49-21-13-15-23-57(49)59-25-17-19-27-61(59)69)64-36-30-52(44-72(64)78(63)70-42-50-22-14-16-24-58(50)60-26-18-20-28-62(60)70)80-75-39-33-55(83(7,8)9)47-67(75)68-48-56(84(10,11)12)34-40-76(68)80/h13-48H,1-12H3. The van der Waals surface area contributed by atoms with Crippen molar-refractivity contribution < 1.29 is 0 Å². The van der Waals surface area contributed by atoms with Gasteiger partial charge in [0.05, 0.1) is 54.4 Å². The van der Waals surface area contributed by atoms with Crippen molar-refractivity contribution >= 4 is 161 Å². The lowest BCUT2D eigenvalue weighted by molar-refractivity contribution is 1.18. The first-order valence-corrected chi connectivity index (χ1v) is 44.2. The summed E-state index contributed by atoms with van der Waals surface area (Å²) in [5, 5.41) is 26.4. The van der Waals surface area contributed by atoms with Gasteiger partial charge in [0.15, 0.2) is 0 Å². The second-order valence-corrected chi connectivity index (χ2v) is 48.5. The van der Waals surface area contributed by atoms with Crippen LogP contribution < -0.4 is 20.7 Å². The zero-order valence-corrected chi connectivity index (χ0v) is 54.7. The Hall–Kier alpha value is -8.11. The van der Waals surface area contributed by atoms with E-state index in [-0.39, 0.29) is 0 Å². The Bertz CT molecular complexity index is 4830. The van der Waals surface area contributed by atoms with E-state index >= 15 is 0 Å². The summed E-state index contributed by atoms with van der Waals surface area (Å²) in [5.41, 5.74) is 12.4. The van der Waals surface area contributed by atoms with Gasteiger partial charge in [-0.1, -0.05) is 257 Å². The van der Waals surface area contributed by atoms with Crippen LogP contribution in [-0.4, -0.2) is 41.4 Å². The fourth-order valence-corrected chi connectivity index (χ4v) is 18.7. The molecule has 15 aromatic rings. The SMILES string of the molecule is C[Si](C)(C)c1ccc2c(c1)c1cc([Si](C)(C)C)ccc1n2-c1ccc2c(-c3cc4ccccc4c4ccccc34)c3cc(-n4c5ccc([Si](C)(C)C)cc5c5cc([Si](C)(C)C)ccc54)ccc3c(-c3cc4ccccc4c4ccccc34)c2c1. The number of aromatic nitrogens is 2. The maximum atomic E-state index is 2.58. The third kappa shape index (κ3) is 8.27. The molecule has 0 saturated heterocycles. The van der Waals surface area contributed by atoms with Crippen molar-refractivity contribution in [2.24, 2.45) is 0 Å². The first kappa shape index (κ1) is 52.7. The molecular weight excluding hydrogens is 1080 g/mol. The van der Waals surface area contributed by atoms with E-state index in [2.05, 4.69) is 306 Å². The van der Waals surface area contributed by atoms with Gasteiger partial charge < -0.3 is 9.13 Å². The van der Waals surface area contributed by atoms with Gasteiger partial charge in [0.25, 0.3) is 0 Å². The molecule has 0 N–H and O–H groups in total. The number of hydrogen-bond acceptors (Lipinski definition) is 0. The van der Waals surface area contributed by atoms with E-state index in [1.54, 1.807) is 0 Å². The van der Waals surface area contributed by atoms with Crippen molar-refractivity contribution in [3.63, 3.8) is 0 Å². The quantitative estimate of drug-likeness (QED) is 0.0815. The minimum Gasteiger partial charge on any atom is -0.309 e. The highest BCUT2D eigenvalue weighted by molar-refractivity contribution is 6.90. The second kappa shape index (κ2) is 18.7. The van der Waals surface area contributed by atoms with E-state index in [1.807, 2.05) is 0 Å². The predicted octanol–water partition coefficient (Wildman–Crippen LogP) is 20.3.